The maximum Gasteiger partial charge on any atom is 0.191 e. The van der Waals surface area contributed by atoms with E-state index in [0.29, 0.717) is 41.3 Å². The average molecular weight is 550 g/mol. The molecule has 166 valence electrons. The van der Waals surface area contributed by atoms with Crippen LogP contribution in [0.1, 0.15) is 11.1 Å². The zero-order chi connectivity index (χ0) is 21.2. The van der Waals surface area contributed by atoms with E-state index in [0.717, 1.165) is 23.3 Å². The number of hydrogen-bond acceptors (Lipinski definition) is 5. The molecule has 0 saturated heterocycles. The van der Waals surface area contributed by atoms with Crippen LogP contribution in [0.3, 0.4) is 0 Å². The van der Waals surface area contributed by atoms with Gasteiger partial charge in [-0.2, -0.15) is 0 Å². The van der Waals surface area contributed by atoms with E-state index in [2.05, 4.69) is 15.6 Å². The molecule has 2 aromatic rings. The molecule has 0 heterocycles. The van der Waals surface area contributed by atoms with Crippen LogP contribution in [-0.2, 0) is 13.0 Å². The van der Waals surface area contributed by atoms with E-state index in [1.807, 2.05) is 30.3 Å². The topological polar surface area (TPSA) is 73.3 Å². The lowest BCUT2D eigenvalue weighted by Crippen LogP contribution is -2.38. The first kappa shape index (κ1) is 26.0. The van der Waals surface area contributed by atoms with Crippen LogP contribution in [0, 0.1) is 0 Å². The highest BCUT2D eigenvalue weighted by atomic mass is 127. The average Bonchev–Trinajstić information content (AvgIpc) is 2.76. The van der Waals surface area contributed by atoms with E-state index in [1.165, 1.54) is 0 Å². The summed E-state index contributed by atoms with van der Waals surface area (Å²) in [5, 5.41) is 7.24. The van der Waals surface area contributed by atoms with Gasteiger partial charge in [0.2, 0.25) is 0 Å². The molecule has 0 unspecified atom stereocenters. The Labute approximate surface area is 200 Å². The molecule has 0 bridgehead atoms. The van der Waals surface area contributed by atoms with E-state index in [4.69, 9.17) is 30.5 Å². The van der Waals surface area contributed by atoms with Crippen molar-refractivity contribution in [2.75, 3.05) is 42.0 Å². The van der Waals surface area contributed by atoms with Crippen LogP contribution >= 0.6 is 35.6 Å². The zero-order valence-electron chi connectivity index (χ0n) is 17.9. The Morgan fingerprint density at radius 1 is 0.900 bits per heavy atom. The zero-order valence-corrected chi connectivity index (χ0v) is 21.0. The fourth-order valence-electron chi connectivity index (χ4n) is 2.82. The smallest absolute Gasteiger partial charge is 0.191 e. The lowest BCUT2D eigenvalue weighted by atomic mass is 10.1. The standard InChI is InChI=1S/C21H28ClN3O4.HI/c1-23-21(24-9-8-14-6-7-15(26-2)10-18(14)22)25-13-17-19(28-4)11-16(27-3)12-20(17)29-5;/h6-7,10-12H,8-9,13H2,1-5H3,(H2,23,24,25);1H. The first-order valence-electron chi connectivity index (χ1n) is 9.12. The van der Waals surface area contributed by atoms with Crippen LogP contribution in [0.5, 0.6) is 23.0 Å². The van der Waals surface area contributed by atoms with Crippen molar-refractivity contribution in [2.24, 2.45) is 4.99 Å². The van der Waals surface area contributed by atoms with Crippen molar-refractivity contribution in [3.05, 3.63) is 46.5 Å². The van der Waals surface area contributed by atoms with Gasteiger partial charge in [-0.15, -0.1) is 24.0 Å². The summed E-state index contributed by atoms with van der Waals surface area (Å²) < 4.78 is 21.4. The first-order chi connectivity index (χ1) is 14.1. The van der Waals surface area contributed by atoms with Gasteiger partial charge < -0.3 is 29.6 Å². The number of benzene rings is 2. The quantitative estimate of drug-likeness (QED) is 0.281. The number of rotatable bonds is 9. The van der Waals surface area contributed by atoms with Gasteiger partial charge in [0.05, 0.1) is 40.5 Å². The van der Waals surface area contributed by atoms with Gasteiger partial charge in [0.1, 0.15) is 23.0 Å². The molecule has 0 aromatic heterocycles. The molecular formula is C21H29ClIN3O4. The lowest BCUT2D eigenvalue weighted by Gasteiger charge is -2.17. The van der Waals surface area contributed by atoms with Gasteiger partial charge >= 0.3 is 0 Å². The van der Waals surface area contributed by atoms with Crippen molar-refractivity contribution in [2.45, 2.75) is 13.0 Å². The molecule has 0 aliphatic heterocycles. The van der Waals surface area contributed by atoms with Crippen LogP contribution < -0.4 is 29.6 Å². The maximum atomic E-state index is 6.30. The van der Waals surface area contributed by atoms with Crippen LogP contribution in [0.25, 0.3) is 0 Å². The minimum absolute atomic E-state index is 0. The van der Waals surface area contributed by atoms with Crippen molar-refractivity contribution >= 4 is 41.5 Å². The molecule has 2 N–H and O–H groups in total. The second-order valence-electron chi connectivity index (χ2n) is 6.07. The molecule has 0 spiro atoms. The third kappa shape index (κ3) is 7.02. The minimum Gasteiger partial charge on any atom is -0.497 e. The minimum atomic E-state index is 0. The van der Waals surface area contributed by atoms with Gasteiger partial charge in [0.15, 0.2) is 5.96 Å². The molecular weight excluding hydrogens is 521 g/mol. The van der Waals surface area contributed by atoms with Crippen LogP contribution in [0.15, 0.2) is 35.3 Å². The first-order valence-corrected chi connectivity index (χ1v) is 9.49. The van der Waals surface area contributed by atoms with Crippen LogP contribution in [0.2, 0.25) is 5.02 Å². The second kappa shape index (κ2) is 13.3. The van der Waals surface area contributed by atoms with Gasteiger partial charge in [-0.1, -0.05) is 17.7 Å². The van der Waals surface area contributed by atoms with Crippen LogP contribution in [-0.4, -0.2) is 48.0 Å². The molecule has 7 nitrogen and oxygen atoms in total. The predicted molar refractivity (Wildman–Crippen MR) is 131 cm³/mol. The number of guanidine groups is 1. The number of nitrogens with one attached hydrogen (secondary N) is 2. The van der Waals surface area contributed by atoms with Gasteiger partial charge in [-0.3, -0.25) is 4.99 Å². The highest BCUT2D eigenvalue weighted by molar-refractivity contribution is 14.0. The summed E-state index contributed by atoms with van der Waals surface area (Å²) in [5.41, 5.74) is 1.91. The Bertz CT molecular complexity index is 824. The fourth-order valence-corrected chi connectivity index (χ4v) is 3.08. The van der Waals surface area contributed by atoms with Crippen molar-refractivity contribution in [1.82, 2.24) is 10.6 Å². The van der Waals surface area contributed by atoms with Gasteiger partial charge in [0, 0.05) is 30.7 Å². The van der Waals surface area contributed by atoms with Crippen molar-refractivity contribution in [3.8, 4) is 23.0 Å². The number of halogens is 2. The molecule has 2 rings (SSSR count). The fraction of sp³-hybridized carbons (Fsp3) is 0.381. The molecule has 0 saturated carbocycles. The molecule has 30 heavy (non-hydrogen) atoms. The van der Waals surface area contributed by atoms with Gasteiger partial charge in [-0.25, -0.2) is 0 Å². The normalized spacial score (nSPS) is 10.7. The summed E-state index contributed by atoms with van der Waals surface area (Å²) in [6.07, 6.45) is 0.749. The third-order valence-electron chi connectivity index (χ3n) is 4.42. The summed E-state index contributed by atoms with van der Waals surface area (Å²) in [5.74, 6) is 3.42. The molecule has 0 amide bonds. The highest BCUT2D eigenvalue weighted by Gasteiger charge is 2.14. The summed E-state index contributed by atoms with van der Waals surface area (Å²) in [4.78, 5) is 4.26. The van der Waals surface area contributed by atoms with Crippen molar-refractivity contribution in [3.63, 3.8) is 0 Å². The van der Waals surface area contributed by atoms with Crippen molar-refractivity contribution in [1.29, 1.82) is 0 Å². The Morgan fingerprint density at radius 3 is 2.03 bits per heavy atom. The Balaban J connectivity index is 0.00000450. The summed E-state index contributed by atoms with van der Waals surface area (Å²) >= 11 is 6.30. The van der Waals surface area contributed by atoms with E-state index in [-0.39, 0.29) is 24.0 Å². The molecule has 0 aliphatic carbocycles. The summed E-state index contributed by atoms with van der Waals surface area (Å²) in [6, 6.07) is 9.32. The highest BCUT2D eigenvalue weighted by Crippen LogP contribution is 2.33. The molecule has 2 aromatic carbocycles. The van der Waals surface area contributed by atoms with Gasteiger partial charge in [-0.05, 0) is 24.1 Å². The summed E-state index contributed by atoms with van der Waals surface area (Å²) in [7, 11) is 8.17. The van der Waals surface area contributed by atoms with E-state index in [9.17, 15) is 0 Å². The second-order valence-corrected chi connectivity index (χ2v) is 6.48. The monoisotopic (exact) mass is 549 g/mol. The SMILES string of the molecule is CN=C(NCCc1ccc(OC)cc1Cl)NCc1c(OC)cc(OC)cc1OC.I. The summed E-state index contributed by atoms with van der Waals surface area (Å²) in [6.45, 7) is 1.14. The van der Waals surface area contributed by atoms with E-state index < -0.39 is 0 Å². The predicted octanol–water partition coefficient (Wildman–Crippen LogP) is 3.90. The third-order valence-corrected chi connectivity index (χ3v) is 4.77. The molecule has 0 atom stereocenters. The molecule has 0 aliphatic rings. The van der Waals surface area contributed by atoms with E-state index >= 15 is 0 Å². The number of nitrogens with zero attached hydrogens (tertiary/aromatic N) is 1. The number of methoxy groups -OCH3 is 4. The van der Waals surface area contributed by atoms with Crippen molar-refractivity contribution < 1.29 is 18.9 Å². The number of aliphatic imine (C=N–C) groups is 1. The van der Waals surface area contributed by atoms with Gasteiger partial charge in [0.25, 0.3) is 0 Å². The number of ether oxygens (including phenoxy) is 4. The Kier molecular flexibility index (Phi) is 11.5. The van der Waals surface area contributed by atoms with Crippen LogP contribution in [0.4, 0.5) is 0 Å². The maximum absolute atomic E-state index is 6.30. The Morgan fingerprint density at radius 2 is 1.53 bits per heavy atom. The molecule has 9 heteroatoms. The molecule has 0 fully saturated rings. The number of hydrogen-bond donors (Lipinski definition) is 2. The molecule has 0 radical (unpaired) electrons. The largest absolute Gasteiger partial charge is 0.497 e. The lowest BCUT2D eigenvalue weighted by molar-refractivity contribution is 0.368. The Hall–Kier alpha value is -2.07. The van der Waals surface area contributed by atoms with E-state index in [1.54, 1.807) is 35.5 Å².